The van der Waals surface area contributed by atoms with Gasteiger partial charge in [-0.1, -0.05) is 11.6 Å². The van der Waals surface area contributed by atoms with E-state index in [1.807, 2.05) is 23.1 Å². The van der Waals surface area contributed by atoms with Crippen molar-refractivity contribution < 1.29 is 4.58 Å². The van der Waals surface area contributed by atoms with E-state index in [1.54, 1.807) is 0 Å². The third-order valence-electron chi connectivity index (χ3n) is 1.87. The fourth-order valence-electron chi connectivity index (χ4n) is 1.30. The van der Waals surface area contributed by atoms with Crippen LogP contribution in [0.15, 0.2) is 24.0 Å². The van der Waals surface area contributed by atoms with Gasteiger partial charge in [0.05, 0.1) is 6.72 Å². The van der Waals surface area contributed by atoms with Crippen LogP contribution in [0.25, 0.3) is 5.32 Å². The summed E-state index contributed by atoms with van der Waals surface area (Å²) in [5.74, 6) is 0. The van der Waals surface area contributed by atoms with Gasteiger partial charge in [0.1, 0.15) is 12.6 Å². The lowest BCUT2D eigenvalue weighted by Crippen LogP contribution is -2.07. The summed E-state index contributed by atoms with van der Waals surface area (Å²) in [7, 11) is 0. The Labute approximate surface area is 60.6 Å². The van der Waals surface area contributed by atoms with Crippen LogP contribution in [0.4, 0.5) is 0 Å². The van der Waals surface area contributed by atoms with Crippen molar-refractivity contribution in [2.75, 3.05) is 6.54 Å². The largest absolute Gasteiger partial charge is 0.756 e. The predicted octanol–water partition coefficient (Wildman–Crippen LogP) is 1.42. The van der Waals surface area contributed by atoms with E-state index in [9.17, 15) is 0 Å². The van der Waals surface area contributed by atoms with Gasteiger partial charge in [-0.3, -0.25) is 17.0 Å². The molecule has 0 radical (unpaired) electrons. The van der Waals surface area contributed by atoms with E-state index in [1.165, 1.54) is 11.6 Å². The molecule has 0 atom stereocenters. The number of rotatable bonds is 0. The van der Waals surface area contributed by atoms with Crippen molar-refractivity contribution in [2.45, 2.75) is 6.42 Å². The van der Waals surface area contributed by atoms with Crippen molar-refractivity contribution in [3.63, 3.8) is 0 Å². The Morgan fingerprint density at radius 1 is 1.70 bits per heavy atom. The highest BCUT2D eigenvalue weighted by Crippen LogP contribution is 2.30. The zero-order valence-corrected chi connectivity index (χ0v) is 5.75. The number of nitrogens with zero attached hydrogens (tertiary/aromatic N) is 2. The molecule has 0 N–H and O–H groups in total. The first-order chi connectivity index (χ1) is 4.88. The molecule has 2 aliphatic rings. The van der Waals surface area contributed by atoms with Gasteiger partial charge in [0, 0.05) is 6.42 Å². The molecule has 1 saturated heterocycles. The molecule has 2 heteroatoms. The van der Waals surface area contributed by atoms with Crippen LogP contribution < -0.4 is 0 Å². The van der Waals surface area contributed by atoms with Gasteiger partial charge >= 0.3 is 0 Å². The maximum atomic E-state index is 4.04. The second kappa shape index (κ2) is 1.90. The Morgan fingerprint density at radius 2 is 2.60 bits per heavy atom. The summed E-state index contributed by atoms with van der Waals surface area (Å²) in [6, 6.07) is 1.23. The lowest BCUT2D eigenvalue weighted by molar-refractivity contribution is -0.475. The van der Waals surface area contributed by atoms with E-state index >= 15 is 0 Å². The van der Waals surface area contributed by atoms with Crippen molar-refractivity contribution in [2.24, 2.45) is 0 Å². The van der Waals surface area contributed by atoms with E-state index in [0.717, 1.165) is 13.0 Å². The molecule has 0 aliphatic carbocycles. The van der Waals surface area contributed by atoms with Crippen LogP contribution >= 0.6 is 0 Å². The zero-order valence-electron chi connectivity index (χ0n) is 5.75. The van der Waals surface area contributed by atoms with Crippen LogP contribution in [0.2, 0.25) is 0 Å². The van der Waals surface area contributed by atoms with Crippen molar-refractivity contribution in [3.8, 4) is 0 Å². The molecular formula is C8H9N2-. The summed E-state index contributed by atoms with van der Waals surface area (Å²) in [6.07, 6.45) is 6.82. The van der Waals surface area contributed by atoms with Crippen molar-refractivity contribution in [3.05, 3.63) is 35.4 Å². The maximum Gasteiger partial charge on any atom is 0.133 e. The lowest BCUT2D eigenvalue weighted by atomic mass is 10.1. The molecule has 2 aliphatic heterocycles. The quantitative estimate of drug-likeness (QED) is 0.351. The van der Waals surface area contributed by atoms with Crippen molar-refractivity contribution in [1.82, 2.24) is 0 Å². The summed E-state index contributed by atoms with van der Waals surface area (Å²) in [6.45, 7) is 4.91. The smallest absolute Gasteiger partial charge is 0.133 e. The van der Waals surface area contributed by atoms with E-state index in [2.05, 4.69) is 12.0 Å². The highest BCUT2D eigenvalue weighted by Gasteiger charge is 2.21. The summed E-state index contributed by atoms with van der Waals surface area (Å²) < 4.78 is 2.01. The molecule has 0 aromatic rings. The first-order valence-corrected chi connectivity index (χ1v) is 3.39. The van der Waals surface area contributed by atoms with Crippen LogP contribution in [0.1, 0.15) is 6.42 Å². The monoisotopic (exact) mass is 133 g/mol. The minimum atomic E-state index is 1.03. The van der Waals surface area contributed by atoms with Crippen LogP contribution in [0.3, 0.4) is 0 Å². The Bertz CT molecular complexity index is 225. The van der Waals surface area contributed by atoms with E-state index in [-0.39, 0.29) is 0 Å². The number of hydrogen-bond acceptors (Lipinski definition) is 0. The summed E-state index contributed by atoms with van der Waals surface area (Å²) in [4.78, 5) is 0. The molecule has 0 aromatic heterocycles. The maximum absolute atomic E-state index is 4.04. The summed E-state index contributed by atoms with van der Waals surface area (Å²) in [5, 5.41) is 4.04. The van der Waals surface area contributed by atoms with Crippen molar-refractivity contribution >= 4 is 6.72 Å². The molecule has 0 bridgehead atoms. The normalized spacial score (nSPS) is 22.2. The molecule has 0 aromatic carbocycles. The van der Waals surface area contributed by atoms with Gasteiger partial charge in [-0.2, -0.15) is 0 Å². The lowest BCUT2D eigenvalue weighted by Gasteiger charge is -2.24. The standard InChI is InChI=1S/C8H9N2/c1-10-5-3-7-6-9-4-2-8(7)10/h2,4,6H,1,3,5H2/q-1. The van der Waals surface area contributed by atoms with E-state index in [0.29, 0.717) is 0 Å². The highest BCUT2D eigenvalue weighted by atomic mass is 15.1. The number of hydrogen-bond donors (Lipinski definition) is 0. The molecule has 0 unspecified atom stereocenters. The molecule has 1 fully saturated rings. The third kappa shape index (κ3) is 0.652. The SMILES string of the molecule is C=[N+]1CCC2=C[N-]C=C[C-]21. The molecule has 0 saturated carbocycles. The molecular weight excluding hydrogens is 124 g/mol. The second-order valence-electron chi connectivity index (χ2n) is 2.52. The first kappa shape index (κ1) is 5.59. The van der Waals surface area contributed by atoms with Gasteiger partial charge in [0.2, 0.25) is 0 Å². The van der Waals surface area contributed by atoms with E-state index in [4.69, 9.17) is 0 Å². The first-order valence-electron chi connectivity index (χ1n) is 3.39. The van der Waals surface area contributed by atoms with E-state index < -0.39 is 0 Å². The average Bonchev–Trinajstić information content (AvgIpc) is 2.34. The molecule has 2 rings (SSSR count). The molecule has 0 amide bonds. The molecule has 0 spiro atoms. The Morgan fingerprint density at radius 3 is 3.40 bits per heavy atom. The van der Waals surface area contributed by atoms with Crippen LogP contribution in [-0.4, -0.2) is 17.8 Å². The van der Waals surface area contributed by atoms with Gasteiger partial charge in [-0.05, 0) is 0 Å². The molecule has 2 nitrogen and oxygen atoms in total. The van der Waals surface area contributed by atoms with Gasteiger partial charge < -0.3 is 5.32 Å². The molecule has 10 heavy (non-hydrogen) atoms. The summed E-state index contributed by atoms with van der Waals surface area (Å²) in [5.41, 5.74) is 1.32. The van der Waals surface area contributed by atoms with Gasteiger partial charge in [-0.25, -0.2) is 0 Å². The Hall–Kier alpha value is -1.18. The molecule has 52 valence electrons. The second-order valence-corrected chi connectivity index (χ2v) is 2.52. The summed E-state index contributed by atoms with van der Waals surface area (Å²) >= 11 is 0. The Balaban J connectivity index is 2.32. The molecule has 2 heterocycles. The van der Waals surface area contributed by atoms with Crippen LogP contribution in [-0.2, 0) is 0 Å². The zero-order chi connectivity index (χ0) is 6.97. The topological polar surface area (TPSA) is 17.1 Å². The van der Waals surface area contributed by atoms with Crippen molar-refractivity contribution in [1.29, 1.82) is 0 Å². The van der Waals surface area contributed by atoms with Crippen LogP contribution in [0, 0.1) is 6.04 Å². The Kier molecular flexibility index (Phi) is 1.07. The van der Waals surface area contributed by atoms with Gasteiger partial charge in [-0.15, -0.1) is 0 Å². The minimum Gasteiger partial charge on any atom is -0.756 e. The predicted molar refractivity (Wildman–Crippen MR) is 40.7 cm³/mol. The minimum absolute atomic E-state index is 1.03. The third-order valence-corrected chi connectivity index (χ3v) is 1.87. The van der Waals surface area contributed by atoms with Gasteiger partial charge in [0.25, 0.3) is 0 Å². The fourth-order valence-corrected chi connectivity index (χ4v) is 1.30. The average molecular weight is 133 g/mol. The fraction of sp³-hybridized carbons (Fsp3) is 0.250. The van der Waals surface area contributed by atoms with Crippen LogP contribution in [0.5, 0.6) is 0 Å². The van der Waals surface area contributed by atoms with Gasteiger partial charge in [0.15, 0.2) is 0 Å². The highest BCUT2D eigenvalue weighted by molar-refractivity contribution is 5.41. The number of fused-ring (bicyclic) bond motifs is 1.